The molecule has 9 heteroatoms. The average molecular weight is 377 g/mol. The third-order valence-electron chi connectivity index (χ3n) is 3.94. The van der Waals surface area contributed by atoms with Crippen molar-refractivity contribution in [2.45, 2.75) is 17.9 Å². The molecule has 0 amide bonds. The lowest BCUT2D eigenvalue weighted by Gasteiger charge is -2.25. The van der Waals surface area contributed by atoms with Crippen LogP contribution in [-0.4, -0.2) is 32.7 Å². The van der Waals surface area contributed by atoms with Crippen molar-refractivity contribution in [3.05, 3.63) is 52.5 Å². The minimum atomic E-state index is -3.91. The zero-order chi connectivity index (χ0) is 18.3. The molecule has 136 valence electrons. The third kappa shape index (κ3) is 3.06. The van der Waals surface area contributed by atoms with Crippen LogP contribution in [0.3, 0.4) is 0 Å². The minimum Gasteiger partial charge on any atom is -0.486 e. The topological polar surface area (TPSA) is 108 Å². The van der Waals surface area contributed by atoms with Crippen LogP contribution in [0.15, 0.2) is 50.5 Å². The van der Waals surface area contributed by atoms with Crippen LogP contribution >= 0.6 is 0 Å². The number of ether oxygens (including phenoxy) is 2. The summed E-state index contributed by atoms with van der Waals surface area (Å²) in [4.78, 5) is 14.0. The summed E-state index contributed by atoms with van der Waals surface area (Å²) in [5.74, 6) is 0.0450. The number of fused-ring (bicyclic) bond motifs is 3. The Morgan fingerprint density at radius 2 is 1.96 bits per heavy atom. The fraction of sp³-hybridized carbons (Fsp3) is 0.235. The molecule has 2 aromatic carbocycles. The number of nitrogens with one attached hydrogen (secondary N) is 1. The van der Waals surface area contributed by atoms with Gasteiger partial charge in [-0.15, -0.1) is 0 Å². The van der Waals surface area contributed by atoms with Gasteiger partial charge in [0.15, 0.2) is 11.9 Å². The van der Waals surface area contributed by atoms with E-state index >= 15 is 0 Å². The molecule has 0 spiro atoms. The van der Waals surface area contributed by atoms with Crippen molar-refractivity contribution in [1.29, 1.82) is 0 Å². The summed E-state index contributed by atoms with van der Waals surface area (Å²) < 4.78 is 46.0. The predicted octanol–water partition coefficient (Wildman–Crippen LogP) is 1.97. The highest BCUT2D eigenvalue weighted by molar-refractivity contribution is 7.86. The van der Waals surface area contributed by atoms with E-state index in [0.29, 0.717) is 11.3 Å². The van der Waals surface area contributed by atoms with Crippen LogP contribution in [0.1, 0.15) is 5.56 Å². The molecule has 3 aromatic rings. The van der Waals surface area contributed by atoms with Crippen molar-refractivity contribution in [3.8, 4) is 11.5 Å². The highest BCUT2D eigenvalue weighted by Crippen LogP contribution is 2.38. The van der Waals surface area contributed by atoms with Crippen LogP contribution in [0.4, 0.5) is 0 Å². The lowest BCUT2D eigenvalue weighted by molar-refractivity contribution is 0.0560. The number of H-pyrrole nitrogens is 1. The zero-order valence-corrected chi connectivity index (χ0v) is 14.5. The Morgan fingerprint density at radius 3 is 2.73 bits per heavy atom. The molecule has 0 fully saturated rings. The van der Waals surface area contributed by atoms with Crippen molar-refractivity contribution in [3.63, 3.8) is 0 Å². The van der Waals surface area contributed by atoms with Crippen LogP contribution in [0, 0.1) is 6.92 Å². The molecule has 0 aliphatic carbocycles. The monoisotopic (exact) mass is 377 g/mol. The molecule has 1 aliphatic heterocycles. The van der Waals surface area contributed by atoms with Crippen molar-refractivity contribution in [1.82, 2.24) is 4.98 Å². The standard InChI is InChI=1S/C17H15NO7S/c1-10-2-4-12(5-3-10)26(20,21)23-9-11-8-22-14-7-6-13-15(16(14)24-11)25-17(19)18-13/h2-7,11H,8-9H2,1H3,(H,18,19). The molecular formula is C17H15NO7S. The number of benzene rings is 2. The van der Waals surface area contributed by atoms with Gasteiger partial charge in [0.2, 0.25) is 11.3 Å². The number of aryl methyl sites for hydroxylation is 1. The maximum atomic E-state index is 12.3. The van der Waals surface area contributed by atoms with Crippen LogP contribution in [0.2, 0.25) is 0 Å². The summed E-state index contributed by atoms with van der Waals surface area (Å²) in [6.07, 6.45) is -0.673. The normalized spacial score (nSPS) is 16.7. The number of oxazole rings is 1. The number of hydrogen-bond donors (Lipinski definition) is 1. The van der Waals surface area contributed by atoms with Gasteiger partial charge < -0.3 is 13.9 Å². The van der Waals surface area contributed by atoms with Crippen LogP contribution in [0.25, 0.3) is 11.1 Å². The molecule has 1 N–H and O–H groups in total. The van der Waals surface area contributed by atoms with Crippen LogP contribution < -0.4 is 15.2 Å². The second-order valence-corrected chi connectivity index (χ2v) is 7.50. The highest BCUT2D eigenvalue weighted by atomic mass is 32.2. The summed E-state index contributed by atoms with van der Waals surface area (Å²) in [5, 5.41) is 0. The largest absolute Gasteiger partial charge is 0.486 e. The molecule has 1 unspecified atom stereocenters. The first-order valence-corrected chi connectivity index (χ1v) is 9.24. The fourth-order valence-electron chi connectivity index (χ4n) is 2.60. The molecule has 4 rings (SSSR count). The average Bonchev–Trinajstić information content (AvgIpc) is 3.01. The number of aromatic nitrogens is 1. The first-order chi connectivity index (χ1) is 12.4. The Hall–Kier alpha value is -2.78. The third-order valence-corrected chi connectivity index (χ3v) is 5.23. The number of hydrogen-bond acceptors (Lipinski definition) is 7. The number of rotatable bonds is 4. The van der Waals surface area contributed by atoms with Gasteiger partial charge >= 0.3 is 5.76 Å². The summed E-state index contributed by atoms with van der Waals surface area (Å²) in [6, 6.07) is 9.63. The van der Waals surface area contributed by atoms with Gasteiger partial charge in [-0.2, -0.15) is 8.42 Å². The summed E-state index contributed by atoms with van der Waals surface area (Å²) in [6.45, 7) is 1.74. The molecule has 1 aromatic heterocycles. The first-order valence-electron chi connectivity index (χ1n) is 7.84. The van der Waals surface area contributed by atoms with Crippen molar-refractivity contribution < 1.29 is 26.5 Å². The molecule has 8 nitrogen and oxygen atoms in total. The Labute approximate surface area is 148 Å². The minimum absolute atomic E-state index is 0.0687. The predicted molar refractivity (Wildman–Crippen MR) is 91.1 cm³/mol. The van der Waals surface area contributed by atoms with E-state index in [1.54, 1.807) is 24.3 Å². The van der Waals surface area contributed by atoms with Gasteiger partial charge in [-0.05, 0) is 31.2 Å². The van der Waals surface area contributed by atoms with E-state index < -0.39 is 22.0 Å². The Morgan fingerprint density at radius 1 is 1.19 bits per heavy atom. The first kappa shape index (κ1) is 16.7. The highest BCUT2D eigenvalue weighted by Gasteiger charge is 2.27. The van der Waals surface area contributed by atoms with Gasteiger partial charge in [0.05, 0.1) is 10.4 Å². The van der Waals surface area contributed by atoms with E-state index in [-0.39, 0.29) is 29.4 Å². The lowest BCUT2D eigenvalue weighted by atomic mass is 10.2. The Balaban J connectivity index is 1.52. The smallest absolute Gasteiger partial charge is 0.417 e. The molecule has 2 heterocycles. The van der Waals surface area contributed by atoms with Gasteiger partial charge in [-0.1, -0.05) is 17.7 Å². The van der Waals surface area contributed by atoms with Gasteiger partial charge in [-0.3, -0.25) is 9.17 Å². The summed E-state index contributed by atoms with van der Waals surface area (Å²) in [5.41, 5.74) is 1.63. The molecule has 1 aliphatic rings. The summed E-state index contributed by atoms with van der Waals surface area (Å²) >= 11 is 0. The second-order valence-electron chi connectivity index (χ2n) is 5.89. The van der Waals surface area contributed by atoms with Gasteiger partial charge in [0.1, 0.15) is 13.2 Å². The van der Waals surface area contributed by atoms with Crippen LogP contribution in [0.5, 0.6) is 11.5 Å². The van der Waals surface area contributed by atoms with Crippen molar-refractivity contribution >= 4 is 21.2 Å². The van der Waals surface area contributed by atoms with Crippen LogP contribution in [-0.2, 0) is 14.3 Å². The molecule has 26 heavy (non-hydrogen) atoms. The van der Waals surface area contributed by atoms with E-state index in [4.69, 9.17) is 18.1 Å². The van der Waals surface area contributed by atoms with Gasteiger partial charge in [0, 0.05) is 0 Å². The van der Waals surface area contributed by atoms with Crippen molar-refractivity contribution in [2.24, 2.45) is 0 Å². The molecule has 0 radical (unpaired) electrons. The zero-order valence-electron chi connectivity index (χ0n) is 13.7. The molecular weight excluding hydrogens is 362 g/mol. The quantitative estimate of drug-likeness (QED) is 0.693. The van der Waals surface area contributed by atoms with E-state index in [9.17, 15) is 13.2 Å². The molecule has 0 saturated carbocycles. The molecule has 1 atom stereocenters. The van der Waals surface area contributed by atoms with Gasteiger partial charge in [0.25, 0.3) is 10.1 Å². The maximum Gasteiger partial charge on any atom is 0.417 e. The SMILES string of the molecule is Cc1ccc(S(=O)(=O)OCC2COc3ccc4[nH]c(=O)oc4c3O2)cc1. The number of aromatic amines is 1. The molecule has 0 bridgehead atoms. The second kappa shape index (κ2) is 6.19. The van der Waals surface area contributed by atoms with Crippen molar-refractivity contribution in [2.75, 3.05) is 13.2 Å². The maximum absolute atomic E-state index is 12.3. The fourth-order valence-corrected chi connectivity index (χ4v) is 3.54. The van der Waals surface area contributed by atoms with Gasteiger partial charge in [-0.25, -0.2) is 4.79 Å². The summed E-state index contributed by atoms with van der Waals surface area (Å²) in [7, 11) is -3.91. The Bertz CT molecular complexity index is 1110. The van der Waals surface area contributed by atoms with E-state index in [0.717, 1.165) is 5.56 Å². The lowest BCUT2D eigenvalue weighted by Crippen LogP contribution is -2.34. The molecule has 0 saturated heterocycles. The van der Waals surface area contributed by atoms with E-state index in [1.807, 2.05) is 6.92 Å². The van der Waals surface area contributed by atoms with E-state index in [1.165, 1.54) is 12.1 Å². The van der Waals surface area contributed by atoms with E-state index in [2.05, 4.69) is 4.98 Å². The Kier molecular flexibility index (Phi) is 3.97.